The molecule has 0 spiro atoms. The highest BCUT2D eigenvalue weighted by atomic mass is 16.5. The molecule has 0 saturated carbocycles. The fraction of sp³-hybridized carbons (Fsp3) is 0.267. The fourth-order valence-electron chi connectivity index (χ4n) is 2.08. The fourth-order valence-corrected chi connectivity index (χ4v) is 2.08. The van der Waals surface area contributed by atoms with Gasteiger partial charge >= 0.3 is 0 Å². The molecule has 0 aliphatic rings. The summed E-state index contributed by atoms with van der Waals surface area (Å²) in [6.45, 7) is 4.62. The van der Waals surface area contributed by atoms with Crippen LogP contribution in [0.4, 0.5) is 0 Å². The summed E-state index contributed by atoms with van der Waals surface area (Å²) in [5, 5.41) is 8.46. The van der Waals surface area contributed by atoms with Gasteiger partial charge in [-0.3, -0.25) is 0 Å². The van der Waals surface area contributed by atoms with E-state index in [1.54, 1.807) is 0 Å². The minimum atomic E-state index is 0.129. The molecule has 0 radical (unpaired) electrons. The molecule has 0 aliphatic carbocycles. The lowest BCUT2D eigenvalue weighted by Crippen LogP contribution is -2.17. The van der Waals surface area contributed by atoms with Crippen LogP contribution in [0.2, 0.25) is 0 Å². The zero-order valence-electron chi connectivity index (χ0n) is 11.0. The second kappa shape index (κ2) is 4.90. The molecule has 3 rings (SSSR count). The van der Waals surface area contributed by atoms with Crippen LogP contribution in [-0.4, -0.2) is 5.16 Å². The van der Waals surface area contributed by atoms with Crippen molar-refractivity contribution in [2.24, 2.45) is 0 Å². The number of benzene rings is 1. The minimum absolute atomic E-state index is 0.129. The second-order valence-electron chi connectivity index (χ2n) is 4.72. The molecule has 3 aromatic rings. The number of para-hydroxylation sites is 1. The summed E-state index contributed by atoms with van der Waals surface area (Å²) in [5.41, 5.74) is 1.82. The Bertz CT molecular complexity index is 651. The Morgan fingerprint density at radius 2 is 2.11 bits per heavy atom. The van der Waals surface area contributed by atoms with Gasteiger partial charge in [0.1, 0.15) is 17.1 Å². The van der Waals surface area contributed by atoms with Crippen molar-refractivity contribution in [1.82, 2.24) is 10.5 Å². The number of fused-ring (bicyclic) bond motifs is 1. The maximum atomic E-state index is 5.82. The van der Waals surface area contributed by atoms with Crippen LogP contribution in [0.1, 0.15) is 30.2 Å². The Morgan fingerprint density at radius 3 is 2.84 bits per heavy atom. The number of rotatable bonds is 4. The summed E-state index contributed by atoms with van der Waals surface area (Å²) in [6, 6.07) is 12.1. The van der Waals surface area contributed by atoms with E-state index in [0.717, 1.165) is 28.2 Å². The van der Waals surface area contributed by atoms with Gasteiger partial charge < -0.3 is 14.3 Å². The molecule has 1 N–H and O–H groups in total. The number of nitrogens with one attached hydrogen (secondary N) is 1. The van der Waals surface area contributed by atoms with Gasteiger partial charge in [0, 0.05) is 18.0 Å². The van der Waals surface area contributed by atoms with Gasteiger partial charge in [0.2, 0.25) is 0 Å². The molecule has 98 valence electrons. The van der Waals surface area contributed by atoms with E-state index in [1.807, 2.05) is 31.2 Å². The predicted octanol–water partition coefficient (Wildman–Crippen LogP) is 3.58. The Morgan fingerprint density at radius 1 is 1.26 bits per heavy atom. The van der Waals surface area contributed by atoms with Crippen molar-refractivity contribution in [3.63, 3.8) is 0 Å². The van der Waals surface area contributed by atoms with Crippen molar-refractivity contribution in [3.8, 4) is 0 Å². The van der Waals surface area contributed by atoms with Crippen molar-refractivity contribution >= 4 is 11.0 Å². The highest BCUT2D eigenvalue weighted by Gasteiger charge is 2.11. The Balaban J connectivity index is 1.71. The number of hydrogen-bond donors (Lipinski definition) is 1. The Hall–Kier alpha value is -2.07. The van der Waals surface area contributed by atoms with Gasteiger partial charge in [0.05, 0.1) is 11.7 Å². The molecule has 2 aromatic heterocycles. The molecule has 2 heterocycles. The van der Waals surface area contributed by atoms with E-state index in [2.05, 4.69) is 29.5 Å². The standard InChI is InChI=1S/C15H16N2O2/c1-10-7-13(17-19-10)9-16-11(2)15-8-12-5-3-4-6-14(12)18-15/h3-8,11,16H,9H2,1-2H3. The van der Waals surface area contributed by atoms with Crippen LogP contribution in [0.3, 0.4) is 0 Å². The normalized spacial score (nSPS) is 12.9. The lowest BCUT2D eigenvalue weighted by Gasteiger charge is -2.09. The largest absolute Gasteiger partial charge is 0.459 e. The molecule has 19 heavy (non-hydrogen) atoms. The number of aromatic nitrogens is 1. The zero-order chi connectivity index (χ0) is 13.2. The van der Waals surface area contributed by atoms with Gasteiger partial charge in [0.25, 0.3) is 0 Å². The van der Waals surface area contributed by atoms with Crippen molar-refractivity contribution in [3.05, 3.63) is 53.6 Å². The van der Waals surface area contributed by atoms with Crippen LogP contribution >= 0.6 is 0 Å². The summed E-state index contributed by atoms with van der Waals surface area (Å²) in [6.07, 6.45) is 0. The molecule has 1 atom stereocenters. The number of nitrogens with zero attached hydrogens (tertiary/aromatic N) is 1. The summed E-state index contributed by atoms with van der Waals surface area (Å²) in [7, 11) is 0. The first-order chi connectivity index (χ1) is 9.22. The highest BCUT2D eigenvalue weighted by molar-refractivity contribution is 5.77. The zero-order valence-corrected chi connectivity index (χ0v) is 11.0. The molecule has 0 amide bonds. The van der Waals surface area contributed by atoms with Gasteiger partial charge in [-0.2, -0.15) is 0 Å². The minimum Gasteiger partial charge on any atom is -0.459 e. The summed E-state index contributed by atoms with van der Waals surface area (Å²) in [4.78, 5) is 0. The Kier molecular flexibility index (Phi) is 3.09. The van der Waals surface area contributed by atoms with Crippen LogP contribution in [0, 0.1) is 6.92 Å². The molecule has 4 heteroatoms. The summed E-state index contributed by atoms with van der Waals surface area (Å²) in [5.74, 6) is 1.76. The van der Waals surface area contributed by atoms with E-state index in [1.165, 1.54) is 0 Å². The van der Waals surface area contributed by atoms with Gasteiger partial charge in [0.15, 0.2) is 0 Å². The van der Waals surface area contributed by atoms with E-state index < -0.39 is 0 Å². The first-order valence-corrected chi connectivity index (χ1v) is 6.36. The lowest BCUT2D eigenvalue weighted by molar-refractivity contribution is 0.383. The molecule has 0 bridgehead atoms. The summed E-state index contributed by atoms with van der Waals surface area (Å²) < 4.78 is 10.9. The van der Waals surface area contributed by atoms with Crippen molar-refractivity contribution < 1.29 is 8.94 Å². The SMILES string of the molecule is Cc1cc(CNC(C)c2cc3ccccc3o2)no1. The maximum absolute atomic E-state index is 5.82. The summed E-state index contributed by atoms with van der Waals surface area (Å²) >= 11 is 0. The molecular formula is C15H16N2O2. The molecule has 1 aromatic carbocycles. The van der Waals surface area contributed by atoms with Crippen molar-refractivity contribution in [1.29, 1.82) is 0 Å². The van der Waals surface area contributed by atoms with E-state index >= 15 is 0 Å². The van der Waals surface area contributed by atoms with Crippen molar-refractivity contribution in [2.45, 2.75) is 26.4 Å². The van der Waals surface area contributed by atoms with E-state index in [9.17, 15) is 0 Å². The van der Waals surface area contributed by atoms with Crippen LogP contribution in [-0.2, 0) is 6.54 Å². The Labute approximate surface area is 111 Å². The predicted molar refractivity (Wildman–Crippen MR) is 72.7 cm³/mol. The third kappa shape index (κ3) is 2.53. The average Bonchev–Trinajstić information content (AvgIpc) is 3.01. The van der Waals surface area contributed by atoms with E-state index in [-0.39, 0.29) is 6.04 Å². The average molecular weight is 256 g/mol. The highest BCUT2D eigenvalue weighted by Crippen LogP contribution is 2.23. The topological polar surface area (TPSA) is 51.2 Å². The van der Waals surface area contributed by atoms with Gasteiger partial charge in [-0.05, 0) is 26.0 Å². The number of hydrogen-bond acceptors (Lipinski definition) is 4. The smallest absolute Gasteiger partial charge is 0.134 e. The number of aryl methyl sites for hydroxylation is 1. The first-order valence-electron chi connectivity index (χ1n) is 6.36. The first kappa shape index (κ1) is 12.0. The molecular weight excluding hydrogens is 240 g/mol. The second-order valence-corrected chi connectivity index (χ2v) is 4.72. The quantitative estimate of drug-likeness (QED) is 0.775. The van der Waals surface area contributed by atoms with Crippen LogP contribution in [0.25, 0.3) is 11.0 Å². The molecule has 4 nitrogen and oxygen atoms in total. The van der Waals surface area contributed by atoms with Crippen LogP contribution in [0.15, 0.2) is 45.3 Å². The van der Waals surface area contributed by atoms with Crippen LogP contribution in [0.5, 0.6) is 0 Å². The van der Waals surface area contributed by atoms with E-state index in [4.69, 9.17) is 8.94 Å². The third-order valence-electron chi connectivity index (χ3n) is 3.14. The molecule has 0 fully saturated rings. The van der Waals surface area contributed by atoms with Crippen LogP contribution < -0.4 is 5.32 Å². The molecule has 1 unspecified atom stereocenters. The molecule has 0 saturated heterocycles. The van der Waals surface area contributed by atoms with Gasteiger partial charge in [-0.1, -0.05) is 23.4 Å². The van der Waals surface area contributed by atoms with Gasteiger partial charge in [-0.15, -0.1) is 0 Å². The van der Waals surface area contributed by atoms with E-state index in [0.29, 0.717) is 6.54 Å². The van der Waals surface area contributed by atoms with Gasteiger partial charge in [-0.25, -0.2) is 0 Å². The third-order valence-corrected chi connectivity index (χ3v) is 3.14. The lowest BCUT2D eigenvalue weighted by atomic mass is 10.2. The monoisotopic (exact) mass is 256 g/mol. The number of furan rings is 1. The van der Waals surface area contributed by atoms with Crippen molar-refractivity contribution in [2.75, 3.05) is 0 Å². The molecule has 0 aliphatic heterocycles. The maximum Gasteiger partial charge on any atom is 0.134 e.